The summed E-state index contributed by atoms with van der Waals surface area (Å²) in [6, 6.07) is 36.0. The minimum atomic E-state index is 0.0141. The summed E-state index contributed by atoms with van der Waals surface area (Å²) in [4.78, 5) is 0. The van der Waals surface area contributed by atoms with Gasteiger partial charge in [-0.15, -0.1) is 0 Å². The van der Waals surface area contributed by atoms with Gasteiger partial charge in [-0.05, 0) is 58.2 Å². The van der Waals surface area contributed by atoms with Crippen LogP contribution >= 0.6 is 0 Å². The van der Waals surface area contributed by atoms with E-state index in [9.17, 15) is 0 Å². The lowest BCUT2D eigenvalue weighted by Gasteiger charge is -2.45. The fourth-order valence-corrected chi connectivity index (χ4v) is 5.49. The van der Waals surface area contributed by atoms with Crippen LogP contribution in [-0.2, 0) is 11.8 Å². The summed E-state index contributed by atoms with van der Waals surface area (Å²) in [6.07, 6.45) is 3.62. The van der Waals surface area contributed by atoms with Crippen molar-refractivity contribution < 1.29 is 0 Å². The van der Waals surface area contributed by atoms with E-state index in [1.54, 1.807) is 0 Å². The van der Waals surface area contributed by atoms with Gasteiger partial charge < -0.3 is 0 Å². The summed E-state index contributed by atoms with van der Waals surface area (Å²) >= 11 is 0. The van der Waals surface area contributed by atoms with Crippen molar-refractivity contribution in [2.24, 2.45) is 0 Å². The molecule has 0 nitrogen and oxygen atoms in total. The van der Waals surface area contributed by atoms with Crippen molar-refractivity contribution in [1.29, 1.82) is 0 Å². The van der Waals surface area contributed by atoms with Crippen molar-refractivity contribution in [1.82, 2.24) is 0 Å². The molecule has 2 atom stereocenters. The third kappa shape index (κ3) is 2.59. The van der Waals surface area contributed by atoms with Crippen molar-refractivity contribution in [3.63, 3.8) is 0 Å². The molecule has 28 heavy (non-hydrogen) atoms. The van der Waals surface area contributed by atoms with Gasteiger partial charge in [0.2, 0.25) is 0 Å². The van der Waals surface area contributed by atoms with E-state index in [2.05, 4.69) is 104 Å². The van der Waals surface area contributed by atoms with Crippen LogP contribution in [-0.4, -0.2) is 0 Å². The minimum Gasteiger partial charge on any atom is -0.0622 e. The normalized spacial score (nSPS) is 19.9. The summed E-state index contributed by atoms with van der Waals surface area (Å²) in [5, 5.41) is 2.72. The van der Waals surface area contributed by atoms with Crippen LogP contribution in [0.2, 0.25) is 0 Å². The van der Waals surface area contributed by atoms with Gasteiger partial charge >= 0.3 is 0 Å². The molecule has 4 aromatic carbocycles. The molecule has 0 radical (unpaired) electrons. The molecule has 0 heterocycles. The van der Waals surface area contributed by atoms with Crippen molar-refractivity contribution in [2.75, 3.05) is 0 Å². The van der Waals surface area contributed by atoms with Crippen LogP contribution in [0.4, 0.5) is 0 Å². The summed E-state index contributed by atoms with van der Waals surface area (Å²) in [5.41, 5.74) is 5.96. The van der Waals surface area contributed by atoms with Crippen LogP contribution in [0.3, 0.4) is 0 Å². The van der Waals surface area contributed by atoms with Crippen LogP contribution in [0, 0.1) is 0 Å². The second-order valence-electron chi connectivity index (χ2n) is 8.14. The number of aryl methyl sites for hydroxylation is 1. The van der Waals surface area contributed by atoms with Gasteiger partial charge in [-0.2, -0.15) is 0 Å². The van der Waals surface area contributed by atoms with Crippen molar-refractivity contribution >= 4 is 10.8 Å². The first-order chi connectivity index (χ1) is 13.8. The number of hydrogen-bond donors (Lipinski definition) is 0. The maximum absolute atomic E-state index is 2.44. The summed E-state index contributed by atoms with van der Waals surface area (Å²) in [7, 11) is 0. The Morgan fingerprint density at radius 1 is 0.714 bits per heavy atom. The van der Waals surface area contributed by atoms with Gasteiger partial charge in [0.25, 0.3) is 0 Å². The van der Waals surface area contributed by atoms with Crippen molar-refractivity contribution in [3.8, 4) is 0 Å². The van der Waals surface area contributed by atoms with Crippen LogP contribution < -0.4 is 0 Å². The molecule has 5 rings (SSSR count). The van der Waals surface area contributed by atoms with E-state index < -0.39 is 0 Å². The predicted octanol–water partition coefficient (Wildman–Crippen LogP) is 7.27. The zero-order valence-corrected chi connectivity index (χ0v) is 16.4. The van der Waals surface area contributed by atoms with E-state index in [-0.39, 0.29) is 5.41 Å². The standard InChI is InChI=1S/C28H26/c1-21(25-18-9-13-22-11-5-7-17-26(22)25)28(24-15-3-2-4-16-24)20-10-14-23-12-6-8-19-27(23)28/h2-9,11-13,15-19,21H,10,14,20H2,1H3. The highest BCUT2D eigenvalue weighted by molar-refractivity contribution is 5.86. The Hall–Kier alpha value is -2.86. The quantitative estimate of drug-likeness (QED) is 0.359. The third-order valence-electron chi connectivity index (χ3n) is 6.83. The number of hydrogen-bond acceptors (Lipinski definition) is 0. The number of fused-ring (bicyclic) bond motifs is 2. The van der Waals surface area contributed by atoms with Crippen LogP contribution in [0.15, 0.2) is 97.1 Å². The van der Waals surface area contributed by atoms with E-state index in [0.29, 0.717) is 5.92 Å². The Kier molecular flexibility index (Phi) is 4.28. The monoisotopic (exact) mass is 362 g/mol. The van der Waals surface area contributed by atoms with Gasteiger partial charge in [-0.25, -0.2) is 0 Å². The van der Waals surface area contributed by atoms with Crippen molar-refractivity contribution in [2.45, 2.75) is 37.5 Å². The molecule has 0 saturated carbocycles. The zero-order chi connectivity index (χ0) is 19.0. The van der Waals surface area contributed by atoms with E-state index in [0.717, 1.165) is 0 Å². The first-order valence-corrected chi connectivity index (χ1v) is 10.4. The fourth-order valence-electron chi connectivity index (χ4n) is 5.49. The van der Waals surface area contributed by atoms with Crippen LogP contribution in [0.5, 0.6) is 0 Å². The van der Waals surface area contributed by atoms with Gasteiger partial charge in [0.1, 0.15) is 0 Å². The Bertz CT molecular complexity index is 1100. The Balaban J connectivity index is 1.79. The second-order valence-corrected chi connectivity index (χ2v) is 8.14. The molecule has 0 fully saturated rings. The average Bonchev–Trinajstić information content (AvgIpc) is 2.78. The van der Waals surface area contributed by atoms with E-state index >= 15 is 0 Å². The lowest BCUT2D eigenvalue weighted by molar-refractivity contribution is 0.369. The highest BCUT2D eigenvalue weighted by atomic mass is 14.5. The van der Waals surface area contributed by atoms with Gasteiger partial charge in [0, 0.05) is 5.41 Å². The molecule has 4 aromatic rings. The van der Waals surface area contributed by atoms with Crippen LogP contribution in [0.25, 0.3) is 10.8 Å². The molecule has 0 saturated heterocycles. The highest BCUT2D eigenvalue weighted by Gasteiger charge is 2.43. The van der Waals surface area contributed by atoms with E-state index in [1.807, 2.05) is 0 Å². The number of benzene rings is 4. The van der Waals surface area contributed by atoms with Crippen molar-refractivity contribution in [3.05, 3.63) is 119 Å². The lowest BCUT2D eigenvalue weighted by Crippen LogP contribution is -2.37. The fraction of sp³-hybridized carbons (Fsp3) is 0.214. The minimum absolute atomic E-state index is 0.0141. The van der Waals surface area contributed by atoms with Gasteiger partial charge in [0.05, 0.1) is 0 Å². The molecule has 0 heteroatoms. The molecule has 138 valence electrons. The highest BCUT2D eigenvalue weighted by Crippen LogP contribution is 2.52. The molecule has 0 N–H and O–H groups in total. The molecule has 0 aliphatic heterocycles. The molecular formula is C28H26. The largest absolute Gasteiger partial charge is 0.0622 e. The summed E-state index contributed by atoms with van der Waals surface area (Å²) < 4.78 is 0. The molecule has 2 unspecified atom stereocenters. The molecular weight excluding hydrogens is 336 g/mol. The average molecular weight is 363 g/mol. The van der Waals surface area contributed by atoms with E-state index in [4.69, 9.17) is 0 Å². The maximum atomic E-state index is 2.44. The van der Waals surface area contributed by atoms with Crippen LogP contribution in [0.1, 0.15) is 47.9 Å². The maximum Gasteiger partial charge on any atom is 0.0271 e. The molecule has 0 bridgehead atoms. The predicted molar refractivity (Wildman–Crippen MR) is 119 cm³/mol. The Morgan fingerprint density at radius 3 is 2.32 bits per heavy atom. The zero-order valence-electron chi connectivity index (χ0n) is 16.4. The van der Waals surface area contributed by atoms with Gasteiger partial charge in [0.15, 0.2) is 0 Å². The first-order valence-electron chi connectivity index (χ1n) is 10.4. The Morgan fingerprint density at radius 2 is 1.43 bits per heavy atom. The smallest absolute Gasteiger partial charge is 0.0271 e. The molecule has 1 aliphatic rings. The second kappa shape index (κ2) is 6.95. The SMILES string of the molecule is CC(c1cccc2ccccc12)C1(c2ccccc2)CCCc2ccccc21. The topological polar surface area (TPSA) is 0 Å². The third-order valence-corrected chi connectivity index (χ3v) is 6.83. The van der Waals surface area contributed by atoms with E-state index in [1.165, 1.54) is 52.3 Å². The van der Waals surface area contributed by atoms with Gasteiger partial charge in [-0.3, -0.25) is 0 Å². The lowest BCUT2D eigenvalue weighted by atomic mass is 9.58. The Labute approximate surface area is 167 Å². The molecule has 0 spiro atoms. The summed E-state index contributed by atoms with van der Waals surface area (Å²) in [5.74, 6) is 0.391. The molecule has 0 aromatic heterocycles. The number of rotatable bonds is 3. The van der Waals surface area contributed by atoms with Gasteiger partial charge in [-0.1, -0.05) is 104 Å². The molecule has 0 amide bonds. The summed E-state index contributed by atoms with van der Waals surface area (Å²) in [6.45, 7) is 2.44. The molecule has 1 aliphatic carbocycles. The first kappa shape index (κ1) is 17.3.